The molecular formula is C16H32N2O2. The van der Waals surface area contributed by atoms with E-state index in [2.05, 4.69) is 23.6 Å². The van der Waals surface area contributed by atoms with Crippen molar-refractivity contribution in [3.8, 4) is 0 Å². The first kappa shape index (κ1) is 16.2. The maximum Gasteiger partial charge on any atom is 0.0580 e. The molecule has 1 saturated heterocycles. The van der Waals surface area contributed by atoms with E-state index in [0.717, 1.165) is 57.5 Å². The molecule has 2 N–H and O–H groups in total. The van der Waals surface area contributed by atoms with Gasteiger partial charge in [0.05, 0.1) is 12.7 Å². The zero-order chi connectivity index (χ0) is 14.5. The number of β-amino-alcohol motifs (C(OH)–C–C–N with tert-alkyl or cyclic N) is 1. The van der Waals surface area contributed by atoms with Gasteiger partial charge in [-0.3, -0.25) is 4.90 Å². The van der Waals surface area contributed by atoms with E-state index in [1.165, 1.54) is 12.8 Å². The fourth-order valence-electron chi connectivity index (χ4n) is 3.75. The molecule has 1 heterocycles. The Morgan fingerprint density at radius 1 is 1.05 bits per heavy atom. The standard InChI is InChI=1S/C16H32N2O2/c1-13(2)14-3-4-16(20)15(11-14)12-18-7-5-17(6-8-18)9-10-19/h13-16,19-20H,3-12H2,1-2H3. The highest BCUT2D eigenvalue weighted by atomic mass is 16.3. The molecule has 0 amide bonds. The van der Waals surface area contributed by atoms with Crippen molar-refractivity contribution in [2.75, 3.05) is 45.9 Å². The molecule has 1 saturated carbocycles. The van der Waals surface area contributed by atoms with Gasteiger partial charge in [-0.2, -0.15) is 0 Å². The third kappa shape index (κ3) is 4.42. The molecule has 0 radical (unpaired) electrons. The molecule has 2 fully saturated rings. The molecule has 0 bridgehead atoms. The summed E-state index contributed by atoms with van der Waals surface area (Å²) in [5.74, 6) is 1.99. The minimum Gasteiger partial charge on any atom is -0.395 e. The second kappa shape index (κ2) is 7.74. The van der Waals surface area contributed by atoms with E-state index in [-0.39, 0.29) is 12.7 Å². The van der Waals surface area contributed by atoms with Crippen LogP contribution in [0.2, 0.25) is 0 Å². The van der Waals surface area contributed by atoms with Crippen molar-refractivity contribution in [1.29, 1.82) is 0 Å². The molecule has 4 heteroatoms. The molecule has 3 atom stereocenters. The Bertz CT molecular complexity index is 278. The molecular weight excluding hydrogens is 252 g/mol. The van der Waals surface area contributed by atoms with Crippen LogP contribution in [0.5, 0.6) is 0 Å². The zero-order valence-corrected chi connectivity index (χ0v) is 13.2. The zero-order valence-electron chi connectivity index (χ0n) is 13.2. The van der Waals surface area contributed by atoms with Crippen molar-refractivity contribution in [2.45, 2.75) is 39.2 Å². The molecule has 1 aliphatic heterocycles. The molecule has 2 rings (SSSR count). The van der Waals surface area contributed by atoms with E-state index < -0.39 is 0 Å². The summed E-state index contributed by atoms with van der Waals surface area (Å²) in [6, 6.07) is 0. The van der Waals surface area contributed by atoms with Crippen molar-refractivity contribution < 1.29 is 10.2 Å². The van der Waals surface area contributed by atoms with Crippen LogP contribution in [0.25, 0.3) is 0 Å². The van der Waals surface area contributed by atoms with Gasteiger partial charge in [0.25, 0.3) is 0 Å². The van der Waals surface area contributed by atoms with Crippen LogP contribution >= 0.6 is 0 Å². The Morgan fingerprint density at radius 3 is 2.30 bits per heavy atom. The predicted molar refractivity (Wildman–Crippen MR) is 81.6 cm³/mol. The number of hydrogen-bond donors (Lipinski definition) is 2. The molecule has 0 spiro atoms. The average Bonchev–Trinajstić information content (AvgIpc) is 2.43. The lowest BCUT2D eigenvalue weighted by molar-refractivity contribution is 0.00832. The van der Waals surface area contributed by atoms with Gasteiger partial charge in [-0.25, -0.2) is 0 Å². The van der Waals surface area contributed by atoms with Crippen molar-refractivity contribution in [2.24, 2.45) is 17.8 Å². The third-order valence-electron chi connectivity index (χ3n) is 5.30. The smallest absolute Gasteiger partial charge is 0.0580 e. The minimum atomic E-state index is -0.0968. The molecule has 0 aromatic carbocycles. The lowest BCUT2D eigenvalue weighted by atomic mass is 9.74. The van der Waals surface area contributed by atoms with Crippen LogP contribution in [0.15, 0.2) is 0 Å². The summed E-state index contributed by atoms with van der Waals surface area (Å²) in [5.41, 5.74) is 0. The summed E-state index contributed by atoms with van der Waals surface area (Å²) in [6.45, 7) is 11.0. The highest BCUT2D eigenvalue weighted by molar-refractivity contribution is 4.84. The van der Waals surface area contributed by atoms with Crippen molar-refractivity contribution in [3.63, 3.8) is 0 Å². The van der Waals surface area contributed by atoms with Gasteiger partial charge >= 0.3 is 0 Å². The Balaban J connectivity index is 1.77. The fourth-order valence-corrected chi connectivity index (χ4v) is 3.75. The van der Waals surface area contributed by atoms with Crippen LogP contribution in [-0.4, -0.2) is 72.0 Å². The second-order valence-electron chi connectivity index (χ2n) is 7.01. The number of rotatable bonds is 5. The highest BCUT2D eigenvalue weighted by Gasteiger charge is 2.32. The van der Waals surface area contributed by atoms with E-state index in [4.69, 9.17) is 5.11 Å². The van der Waals surface area contributed by atoms with Crippen LogP contribution in [0, 0.1) is 17.8 Å². The second-order valence-corrected chi connectivity index (χ2v) is 7.01. The number of nitrogens with zero attached hydrogens (tertiary/aromatic N) is 2. The molecule has 0 aromatic heterocycles. The number of aliphatic hydroxyl groups is 2. The van der Waals surface area contributed by atoms with Gasteiger partial charge in [0.2, 0.25) is 0 Å². The molecule has 3 unspecified atom stereocenters. The first-order valence-corrected chi connectivity index (χ1v) is 8.33. The third-order valence-corrected chi connectivity index (χ3v) is 5.30. The largest absolute Gasteiger partial charge is 0.395 e. The lowest BCUT2D eigenvalue weighted by Crippen LogP contribution is -2.50. The molecule has 2 aliphatic rings. The van der Waals surface area contributed by atoms with Gasteiger partial charge in [0, 0.05) is 39.3 Å². The summed E-state index contributed by atoms with van der Waals surface area (Å²) in [6.07, 6.45) is 3.27. The fraction of sp³-hybridized carbons (Fsp3) is 1.00. The van der Waals surface area contributed by atoms with Crippen LogP contribution < -0.4 is 0 Å². The monoisotopic (exact) mass is 284 g/mol. The summed E-state index contributed by atoms with van der Waals surface area (Å²) < 4.78 is 0. The van der Waals surface area contributed by atoms with Gasteiger partial charge in [0.1, 0.15) is 0 Å². The van der Waals surface area contributed by atoms with E-state index in [0.29, 0.717) is 5.92 Å². The lowest BCUT2D eigenvalue weighted by Gasteiger charge is -2.40. The molecule has 20 heavy (non-hydrogen) atoms. The van der Waals surface area contributed by atoms with E-state index in [9.17, 15) is 5.11 Å². The first-order valence-electron chi connectivity index (χ1n) is 8.33. The molecule has 0 aromatic rings. The highest BCUT2D eigenvalue weighted by Crippen LogP contribution is 2.34. The van der Waals surface area contributed by atoms with Crippen LogP contribution in [0.1, 0.15) is 33.1 Å². The maximum atomic E-state index is 10.3. The summed E-state index contributed by atoms with van der Waals surface area (Å²) in [4.78, 5) is 4.83. The number of piperazine rings is 1. The van der Waals surface area contributed by atoms with Crippen LogP contribution in [-0.2, 0) is 0 Å². The Kier molecular flexibility index (Phi) is 6.27. The van der Waals surface area contributed by atoms with Crippen molar-refractivity contribution >= 4 is 0 Å². The van der Waals surface area contributed by atoms with Gasteiger partial charge in [-0.05, 0) is 37.0 Å². The van der Waals surface area contributed by atoms with Gasteiger partial charge in [-0.1, -0.05) is 13.8 Å². The van der Waals surface area contributed by atoms with Crippen molar-refractivity contribution in [3.05, 3.63) is 0 Å². The Hall–Kier alpha value is -0.160. The summed E-state index contributed by atoms with van der Waals surface area (Å²) in [5, 5.41) is 19.2. The SMILES string of the molecule is CC(C)C1CCC(O)C(CN2CCN(CCO)CC2)C1. The number of hydrogen-bond acceptors (Lipinski definition) is 4. The van der Waals surface area contributed by atoms with E-state index in [1.54, 1.807) is 0 Å². The summed E-state index contributed by atoms with van der Waals surface area (Å²) >= 11 is 0. The first-order chi connectivity index (χ1) is 9.60. The van der Waals surface area contributed by atoms with E-state index in [1.807, 2.05) is 0 Å². The van der Waals surface area contributed by atoms with Gasteiger partial charge < -0.3 is 15.1 Å². The normalized spacial score (nSPS) is 33.8. The van der Waals surface area contributed by atoms with Crippen LogP contribution in [0.3, 0.4) is 0 Å². The molecule has 1 aliphatic carbocycles. The molecule has 118 valence electrons. The minimum absolute atomic E-state index is 0.0968. The maximum absolute atomic E-state index is 10.3. The van der Waals surface area contributed by atoms with Crippen molar-refractivity contribution in [1.82, 2.24) is 9.80 Å². The predicted octanol–water partition coefficient (Wildman–Crippen LogP) is 1.03. The molecule has 4 nitrogen and oxygen atoms in total. The quantitative estimate of drug-likeness (QED) is 0.791. The Labute approximate surface area is 123 Å². The van der Waals surface area contributed by atoms with Gasteiger partial charge in [0.15, 0.2) is 0 Å². The topological polar surface area (TPSA) is 46.9 Å². The van der Waals surface area contributed by atoms with Gasteiger partial charge in [-0.15, -0.1) is 0 Å². The van der Waals surface area contributed by atoms with E-state index >= 15 is 0 Å². The summed E-state index contributed by atoms with van der Waals surface area (Å²) in [7, 11) is 0. The number of aliphatic hydroxyl groups excluding tert-OH is 2. The average molecular weight is 284 g/mol. The Morgan fingerprint density at radius 2 is 1.70 bits per heavy atom. The van der Waals surface area contributed by atoms with Crippen LogP contribution in [0.4, 0.5) is 0 Å².